The predicted molar refractivity (Wildman–Crippen MR) is 68.0 cm³/mol. The topological polar surface area (TPSA) is 68.0 Å². The SMILES string of the molecule is Cc1cc(NC(=O)C2(N)CCCC2)cnc1Cl. The Labute approximate surface area is 106 Å². The van der Waals surface area contributed by atoms with Gasteiger partial charge in [-0.1, -0.05) is 24.4 Å². The first-order valence-corrected chi connectivity index (χ1v) is 6.11. The van der Waals surface area contributed by atoms with Crippen molar-refractivity contribution in [3.8, 4) is 0 Å². The molecule has 3 N–H and O–H groups in total. The van der Waals surface area contributed by atoms with Crippen LogP contribution in [0.1, 0.15) is 31.2 Å². The van der Waals surface area contributed by atoms with E-state index >= 15 is 0 Å². The summed E-state index contributed by atoms with van der Waals surface area (Å²) in [6.45, 7) is 1.85. The van der Waals surface area contributed by atoms with Crippen molar-refractivity contribution in [3.05, 3.63) is 23.0 Å². The molecule has 1 amide bonds. The largest absolute Gasteiger partial charge is 0.323 e. The Kier molecular flexibility index (Phi) is 3.35. The van der Waals surface area contributed by atoms with Crippen LogP contribution in [0, 0.1) is 6.92 Å². The third-order valence-electron chi connectivity index (χ3n) is 3.22. The molecule has 1 aliphatic carbocycles. The van der Waals surface area contributed by atoms with E-state index < -0.39 is 5.54 Å². The van der Waals surface area contributed by atoms with Crippen LogP contribution in [0.25, 0.3) is 0 Å². The second-order valence-electron chi connectivity index (χ2n) is 4.65. The molecule has 1 saturated carbocycles. The Balaban J connectivity index is 2.10. The van der Waals surface area contributed by atoms with Gasteiger partial charge in [-0.15, -0.1) is 0 Å². The molecule has 1 heterocycles. The molecule has 0 atom stereocenters. The number of aromatic nitrogens is 1. The summed E-state index contributed by atoms with van der Waals surface area (Å²) < 4.78 is 0. The number of rotatable bonds is 2. The van der Waals surface area contributed by atoms with Crippen LogP contribution >= 0.6 is 11.6 Å². The molecular weight excluding hydrogens is 238 g/mol. The number of aryl methyl sites for hydroxylation is 1. The first-order valence-electron chi connectivity index (χ1n) is 5.74. The van der Waals surface area contributed by atoms with Gasteiger partial charge in [0.1, 0.15) is 5.15 Å². The number of hydrogen-bond donors (Lipinski definition) is 2. The summed E-state index contributed by atoms with van der Waals surface area (Å²) >= 11 is 5.82. The fourth-order valence-electron chi connectivity index (χ4n) is 2.11. The molecule has 1 aromatic heterocycles. The average Bonchev–Trinajstić information content (AvgIpc) is 2.72. The normalized spacial score (nSPS) is 18.1. The lowest BCUT2D eigenvalue weighted by Gasteiger charge is -2.22. The van der Waals surface area contributed by atoms with Crippen LogP contribution in [-0.4, -0.2) is 16.4 Å². The van der Waals surface area contributed by atoms with E-state index in [1.165, 1.54) is 0 Å². The van der Waals surface area contributed by atoms with Crippen molar-refractivity contribution in [1.82, 2.24) is 4.98 Å². The minimum absolute atomic E-state index is 0.126. The monoisotopic (exact) mass is 253 g/mol. The molecule has 5 heteroatoms. The minimum atomic E-state index is -0.715. The van der Waals surface area contributed by atoms with E-state index in [9.17, 15) is 4.79 Å². The van der Waals surface area contributed by atoms with Gasteiger partial charge >= 0.3 is 0 Å². The molecule has 0 aromatic carbocycles. The summed E-state index contributed by atoms with van der Waals surface area (Å²) in [7, 11) is 0. The van der Waals surface area contributed by atoms with Gasteiger partial charge in [0.2, 0.25) is 5.91 Å². The number of halogens is 1. The van der Waals surface area contributed by atoms with Crippen LogP contribution < -0.4 is 11.1 Å². The fourth-order valence-corrected chi connectivity index (χ4v) is 2.22. The molecule has 1 aromatic rings. The van der Waals surface area contributed by atoms with Crippen molar-refractivity contribution < 1.29 is 4.79 Å². The van der Waals surface area contributed by atoms with Crippen LogP contribution in [0.5, 0.6) is 0 Å². The molecule has 0 unspecified atom stereocenters. The molecule has 0 aliphatic heterocycles. The smallest absolute Gasteiger partial charge is 0.244 e. The van der Waals surface area contributed by atoms with Gasteiger partial charge in [-0.05, 0) is 31.4 Å². The molecule has 92 valence electrons. The summed E-state index contributed by atoms with van der Waals surface area (Å²) in [4.78, 5) is 16.0. The van der Waals surface area contributed by atoms with Crippen molar-refractivity contribution >= 4 is 23.2 Å². The highest BCUT2D eigenvalue weighted by Crippen LogP contribution is 2.28. The molecule has 17 heavy (non-hydrogen) atoms. The highest BCUT2D eigenvalue weighted by atomic mass is 35.5. The van der Waals surface area contributed by atoms with E-state index in [0.29, 0.717) is 10.8 Å². The Morgan fingerprint density at radius 2 is 2.18 bits per heavy atom. The maximum atomic E-state index is 12.0. The number of hydrogen-bond acceptors (Lipinski definition) is 3. The van der Waals surface area contributed by atoms with Gasteiger partial charge in [0.25, 0.3) is 0 Å². The van der Waals surface area contributed by atoms with Gasteiger partial charge < -0.3 is 11.1 Å². The van der Waals surface area contributed by atoms with Crippen molar-refractivity contribution in [2.24, 2.45) is 5.73 Å². The van der Waals surface area contributed by atoms with Crippen molar-refractivity contribution in [2.75, 3.05) is 5.32 Å². The average molecular weight is 254 g/mol. The highest BCUT2D eigenvalue weighted by Gasteiger charge is 2.36. The second kappa shape index (κ2) is 4.63. The van der Waals surface area contributed by atoms with Gasteiger partial charge in [-0.2, -0.15) is 0 Å². The number of nitrogens with zero attached hydrogens (tertiary/aromatic N) is 1. The van der Waals surface area contributed by atoms with Gasteiger partial charge in [0, 0.05) is 0 Å². The third-order valence-corrected chi connectivity index (χ3v) is 3.62. The van der Waals surface area contributed by atoms with Crippen molar-refractivity contribution in [3.63, 3.8) is 0 Å². The van der Waals surface area contributed by atoms with Crippen LogP contribution in [0.2, 0.25) is 5.15 Å². The maximum absolute atomic E-state index is 12.0. The number of carbonyl (C=O) groups is 1. The van der Waals surface area contributed by atoms with Crippen LogP contribution in [0.15, 0.2) is 12.3 Å². The lowest BCUT2D eigenvalue weighted by atomic mass is 9.98. The Hall–Kier alpha value is -1.13. The molecule has 1 aliphatic rings. The van der Waals surface area contributed by atoms with E-state index in [-0.39, 0.29) is 5.91 Å². The molecule has 0 radical (unpaired) electrons. The predicted octanol–water partition coefficient (Wildman–Crippen LogP) is 2.25. The van der Waals surface area contributed by atoms with Crippen LogP contribution in [0.3, 0.4) is 0 Å². The van der Waals surface area contributed by atoms with E-state index in [4.69, 9.17) is 17.3 Å². The zero-order valence-electron chi connectivity index (χ0n) is 9.79. The Morgan fingerprint density at radius 3 is 2.76 bits per heavy atom. The molecule has 4 nitrogen and oxygen atoms in total. The summed E-state index contributed by atoms with van der Waals surface area (Å²) in [6.07, 6.45) is 5.08. The zero-order valence-corrected chi connectivity index (χ0v) is 10.5. The number of nitrogens with one attached hydrogen (secondary N) is 1. The van der Waals surface area contributed by atoms with Crippen LogP contribution in [-0.2, 0) is 4.79 Å². The highest BCUT2D eigenvalue weighted by molar-refractivity contribution is 6.30. The van der Waals surface area contributed by atoms with Gasteiger partial charge in [0.05, 0.1) is 17.4 Å². The van der Waals surface area contributed by atoms with Crippen molar-refractivity contribution in [1.29, 1.82) is 0 Å². The lowest BCUT2D eigenvalue weighted by molar-refractivity contribution is -0.121. The lowest BCUT2D eigenvalue weighted by Crippen LogP contribution is -2.48. The van der Waals surface area contributed by atoms with Gasteiger partial charge in [0.15, 0.2) is 0 Å². The number of amides is 1. The number of pyridine rings is 1. The molecule has 1 fully saturated rings. The van der Waals surface area contributed by atoms with E-state index in [1.807, 2.05) is 6.92 Å². The Morgan fingerprint density at radius 1 is 1.53 bits per heavy atom. The van der Waals surface area contributed by atoms with E-state index in [2.05, 4.69) is 10.3 Å². The van der Waals surface area contributed by atoms with Crippen LogP contribution in [0.4, 0.5) is 5.69 Å². The number of nitrogens with two attached hydrogens (primary N) is 1. The van der Waals surface area contributed by atoms with Crippen molar-refractivity contribution in [2.45, 2.75) is 38.1 Å². The Bertz CT molecular complexity index is 441. The molecule has 0 saturated heterocycles. The summed E-state index contributed by atoms with van der Waals surface area (Å²) in [5.74, 6) is -0.126. The van der Waals surface area contributed by atoms with Gasteiger partial charge in [-0.3, -0.25) is 4.79 Å². The van der Waals surface area contributed by atoms with E-state index in [1.54, 1.807) is 12.3 Å². The zero-order chi connectivity index (χ0) is 12.5. The molecular formula is C12H16ClN3O. The quantitative estimate of drug-likeness (QED) is 0.795. The number of anilines is 1. The second-order valence-corrected chi connectivity index (χ2v) is 5.01. The number of carbonyl (C=O) groups excluding carboxylic acids is 1. The van der Waals surface area contributed by atoms with Gasteiger partial charge in [-0.25, -0.2) is 4.98 Å². The fraction of sp³-hybridized carbons (Fsp3) is 0.500. The first kappa shape index (κ1) is 12.3. The third kappa shape index (κ3) is 2.58. The summed E-state index contributed by atoms with van der Waals surface area (Å²) in [6, 6.07) is 1.80. The maximum Gasteiger partial charge on any atom is 0.244 e. The summed E-state index contributed by atoms with van der Waals surface area (Å²) in [5, 5.41) is 3.26. The molecule has 2 rings (SSSR count). The first-order chi connectivity index (χ1) is 8.01. The molecule has 0 spiro atoms. The minimum Gasteiger partial charge on any atom is -0.323 e. The van der Waals surface area contributed by atoms with E-state index in [0.717, 1.165) is 31.2 Å². The standard InChI is InChI=1S/C12H16ClN3O/c1-8-6-9(7-15-10(8)13)16-11(17)12(14)4-2-3-5-12/h6-7H,2-5,14H2,1H3,(H,16,17). The molecule has 0 bridgehead atoms. The summed E-state index contributed by atoms with van der Waals surface area (Å²) in [5.41, 5.74) is 6.83.